The number of benzene rings is 1. The van der Waals surface area contributed by atoms with E-state index in [4.69, 9.17) is 4.42 Å². The second-order valence-electron chi connectivity index (χ2n) is 5.91. The normalized spacial score (nSPS) is 18.8. The van der Waals surface area contributed by atoms with E-state index >= 15 is 0 Å². The molecule has 2 aromatic rings. The van der Waals surface area contributed by atoms with Crippen LogP contribution in [0.4, 0.5) is 4.39 Å². The van der Waals surface area contributed by atoms with Gasteiger partial charge in [-0.25, -0.2) is 12.8 Å². The molecule has 7 nitrogen and oxygen atoms in total. The van der Waals surface area contributed by atoms with Gasteiger partial charge in [0.05, 0.1) is 17.3 Å². The van der Waals surface area contributed by atoms with Gasteiger partial charge in [0.2, 0.25) is 11.8 Å². The van der Waals surface area contributed by atoms with E-state index in [2.05, 4.69) is 10.2 Å². The van der Waals surface area contributed by atoms with Crippen molar-refractivity contribution in [3.8, 4) is 11.5 Å². The lowest BCUT2D eigenvalue weighted by atomic mass is 10.2. The van der Waals surface area contributed by atoms with Crippen LogP contribution in [0.15, 0.2) is 33.9 Å². The van der Waals surface area contributed by atoms with Gasteiger partial charge in [-0.1, -0.05) is 11.8 Å². The fourth-order valence-electron chi connectivity index (χ4n) is 2.84. The second kappa shape index (κ2) is 7.75. The summed E-state index contributed by atoms with van der Waals surface area (Å²) in [7, 11) is -3.05. The summed E-state index contributed by atoms with van der Waals surface area (Å²) in [5.41, 5.74) is 0.587. The zero-order chi connectivity index (χ0) is 18.7. The van der Waals surface area contributed by atoms with Crippen LogP contribution >= 0.6 is 11.8 Å². The molecule has 0 bridgehead atoms. The number of carbonyl (C=O) groups is 1. The van der Waals surface area contributed by atoms with Gasteiger partial charge in [0.1, 0.15) is 5.82 Å². The molecule has 10 heteroatoms. The summed E-state index contributed by atoms with van der Waals surface area (Å²) in [6.45, 7) is 2.27. The highest BCUT2D eigenvalue weighted by Gasteiger charge is 2.33. The van der Waals surface area contributed by atoms with Crippen LogP contribution in [-0.4, -0.2) is 59.3 Å². The lowest BCUT2D eigenvalue weighted by Gasteiger charge is -2.26. The lowest BCUT2D eigenvalue weighted by Crippen LogP contribution is -2.41. The molecular formula is C16H18FN3O4S2. The Morgan fingerprint density at radius 1 is 1.35 bits per heavy atom. The number of sulfone groups is 1. The monoisotopic (exact) mass is 399 g/mol. The van der Waals surface area contributed by atoms with E-state index in [9.17, 15) is 17.6 Å². The number of nitrogens with zero attached hydrogens (tertiary/aromatic N) is 3. The van der Waals surface area contributed by atoms with Crippen molar-refractivity contribution >= 4 is 27.5 Å². The smallest absolute Gasteiger partial charge is 0.277 e. The highest BCUT2D eigenvalue weighted by molar-refractivity contribution is 7.99. The van der Waals surface area contributed by atoms with Gasteiger partial charge in [0.15, 0.2) is 9.84 Å². The number of hydrogen-bond acceptors (Lipinski definition) is 7. The molecule has 1 saturated heterocycles. The summed E-state index contributed by atoms with van der Waals surface area (Å²) in [4.78, 5) is 14.0. The average Bonchev–Trinajstić information content (AvgIpc) is 3.21. The molecule has 1 aliphatic heterocycles. The van der Waals surface area contributed by atoms with Crippen LogP contribution in [0.25, 0.3) is 11.5 Å². The Hall–Kier alpha value is -1.94. The fourth-order valence-corrected chi connectivity index (χ4v) is 5.22. The number of aromatic nitrogens is 2. The number of hydrogen-bond donors (Lipinski definition) is 0. The van der Waals surface area contributed by atoms with E-state index in [1.807, 2.05) is 6.92 Å². The molecule has 0 aliphatic carbocycles. The Balaban J connectivity index is 1.60. The van der Waals surface area contributed by atoms with Gasteiger partial charge in [-0.2, -0.15) is 0 Å². The molecule has 1 aromatic heterocycles. The van der Waals surface area contributed by atoms with E-state index in [0.717, 1.165) is 11.8 Å². The van der Waals surface area contributed by atoms with Crippen LogP contribution in [-0.2, 0) is 14.6 Å². The topological polar surface area (TPSA) is 93.4 Å². The van der Waals surface area contributed by atoms with Gasteiger partial charge in [0.25, 0.3) is 5.22 Å². The van der Waals surface area contributed by atoms with Gasteiger partial charge in [-0.05, 0) is 37.6 Å². The molecule has 1 aliphatic rings. The lowest BCUT2D eigenvalue weighted by molar-refractivity contribution is -0.129. The van der Waals surface area contributed by atoms with Crippen molar-refractivity contribution in [1.82, 2.24) is 15.1 Å². The van der Waals surface area contributed by atoms with Gasteiger partial charge in [0, 0.05) is 18.2 Å². The molecular weight excluding hydrogens is 381 g/mol. The summed E-state index contributed by atoms with van der Waals surface area (Å²) in [6, 6.07) is 5.38. The minimum absolute atomic E-state index is 0.0204. The van der Waals surface area contributed by atoms with E-state index in [-0.39, 0.29) is 46.1 Å². The Kier molecular flexibility index (Phi) is 5.61. The van der Waals surface area contributed by atoms with Crippen LogP contribution < -0.4 is 0 Å². The molecule has 0 spiro atoms. The molecule has 140 valence electrons. The molecule has 1 amide bonds. The van der Waals surface area contributed by atoms with Gasteiger partial charge in [-0.3, -0.25) is 4.79 Å². The standard InChI is InChI=1S/C16H18FN3O4S2/c1-2-20(13-7-8-26(22,23)10-13)14(21)9-25-16-19-18-15(24-16)11-3-5-12(17)6-4-11/h3-6,13H,2,7-10H2,1H3/t13-/m1/s1. The predicted octanol–water partition coefficient (Wildman–Crippen LogP) is 2.00. The number of thioether (sulfide) groups is 1. The van der Waals surface area contributed by atoms with Gasteiger partial charge >= 0.3 is 0 Å². The van der Waals surface area contributed by atoms with Crippen molar-refractivity contribution in [2.24, 2.45) is 0 Å². The molecule has 3 rings (SSSR count). The fraction of sp³-hybridized carbons (Fsp3) is 0.438. The molecule has 26 heavy (non-hydrogen) atoms. The SMILES string of the molecule is CCN(C(=O)CSc1nnc(-c2ccc(F)cc2)o1)[C@@H]1CCS(=O)(=O)C1. The third-order valence-corrected chi connectivity index (χ3v) is 6.68. The Morgan fingerprint density at radius 3 is 2.69 bits per heavy atom. The van der Waals surface area contributed by atoms with Crippen molar-refractivity contribution in [1.29, 1.82) is 0 Å². The zero-order valence-electron chi connectivity index (χ0n) is 14.1. The molecule has 0 saturated carbocycles. The third kappa shape index (κ3) is 4.42. The van der Waals surface area contributed by atoms with Crippen LogP contribution in [0.2, 0.25) is 0 Å². The largest absolute Gasteiger partial charge is 0.411 e. The molecule has 0 N–H and O–H groups in total. The average molecular weight is 399 g/mol. The summed E-state index contributed by atoms with van der Waals surface area (Å²) in [5.74, 6) is -0.0568. The Morgan fingerprint density at radius 2 is 2.08 bits per heavy atom. The molecule has 1 aromatic carbocycles. The molecule has 0 radical (unpaired) electrons. The van der Waals surface area contributed by atoms with Crippen molar-refractivity contribution in [3.05, 3.63) is 30.1 Å². The van der Waals surface area contributed by atoms with E-state index in [0.29, 0.717) is 18.5 Å². The highest BCUT2D eigenvalue weighted by atomic mass is 32.2. The predicted molar refractivity (Wildman–Crippen MR) is 94.9 cm³/mol. The van der Waals surface area contributed by atoms with Gasteiger partial charge in [-0.15, -0.1) is 10.2 Å². The number of amides is 1. The minimum atomic E-state index is -3.05. The second-order valence-corrected chi connectivity index (χ2v) is 9.06. The number of rotatable bonds is 6. The number of halogens is 1. The maximum atomic E-state index is 13.0. The zero-order valence-corrected chi connectivity index (χ0v) is 15.7. The van der Waals surface area contributed by atoms with Crippen LogP contribution in [0.5, 0.6) is 0 Å². The summed E-state index contributed by atoms with van der Waals surface area (Å²) < 4.78 is 41.7. The van der Waals surface area contributed by atoms with Crippen LogP contribution in [0, 0.1) is 5.82 Å². The molecule has 1 atom stereocenters. The van der Waals surface area contributed by atoms with Gasteiger partial charge < -0.3 is 9.32 Å². The first kappa shape index (κ1) is 18.8. The first-order valence-electron chi connectivity index (χ1n) is 8.10. The molecule has 1 fully saturated rings. The molecule has 2 heterocycles. The van der Waals surface area contributed by atoms with Crippen LogP contribution in [0.1, 0.15) is 13.3 Å². The van der Waals surface area contributed by atoms with E-state index < -0.39 is 9.84 Å². The summed E-state index contributed by atoms with van der Waals surface area (Å²) in [5, 5.41) is 8.00. The summed E-state index contributed by atoms with van der Waals surface area (Å²) in [6.07, 6.45) is 0.474. The van der Waals surface area contributed by atoms with Crippen molar-refractivity contribution in [2.45, 2.75) is 24.6 Å². The van der Waals surface area contributed by atoms with Crippen molar-refractivity contribution in [3.63, 3.8) is 0 Å². The Bertz CT molecular complexity index is 883. The third-order valence-electron chi connectivity index (χ3n) is 4.13. The summed E-state index contributed by atoms with van der Waals surface area (Å²) >= 11 is 1.09. The molecule has 0 unspecified atom stereocenters. The Labute approximate surface area is 154 Å². The van der Waals surface area contributed by atoms with E-state index in [1.165, 1.54) is 24.3 Å². The first-order valence-corrected chi connectivity index (χ1v) is 10.9. The maximum absolute atomic E-state index is 13.0. The maximum Gasteiger partial charge on any atom is 0.277 e. The highest BCUT2D eigenvalue weighted by Crippen LogP contribution is 2.24. The number of carbonyl (C=O) groups excluding carboxylic acids is 1. The van der Waals surface area contributed by atoms with Crippen molar-refractivity contribution in [2.75, 3.05) is 23.8 Å². The minimum Gasteiger partial charge on any atom is -0.411 e. The van der Waals surface area contributed by atoms with Crippen LogP contribution in [0.3, 0.4) is 0 Å². The van der Waals surface area contributed by atoms with Crippen molar-refractivity contribution < 1.29 is 22.0 Å². The van der Waals surface area contributed by atoms with E-state index in [1.54, 1.807) is 4.90 Å². The quantitative estimate of drug-likeness (QED) is 0.686. The first-order chi connectivity index (χ1) is 12.4.